The van der Waals surface area contributed by atoms with Gasteiger partial charge in [0, 0.05) is 18.2 Å². The van der Waals surface area contributed by atoms with E-state index >= 15 is 0 Å². The Balaban J connectivity index is 1.88. The van der Waals surface area contributed by atoms with Gasteiger partial charge in [0.05, 0.1) is 12.1 Å². The number of ether oxygens (including phenoxy) is 1. The minimum atomic E-state index is -1.04. The first kappa shape index (κ1) is 31.0. The maximum atomic E-state index is 13.9. The predicted octanol–water partition coefficient (Wildman–Crippen LogP) is 6.75. The van der Waals surface area contributed by atoms with Gasteiger partial charge in [0.1, 0.15) is 17.2 Å². The van der Waals surface area contributed by atoms with E-state index in [1.807, 2.05) is 0 Å². The van der Waals surface area contributed by atoms with Crippen molar-refractivity contribution in [3.8, 4) is 0 Å². The Kier molecular flexibility index (Phi) is 9.82. The summed E-state index contributed by atoms with van der Waals surface area (Å²) in [6.45, 7) is 14.3. The molecule has 3 rings (SSSR count). The third-order valence-electron chi connectivity index (χ3n) is 7.71. The highest BCUT2D eigenvalue weighted by Gasteiger charge is 2.40. The summed E-state index contributed by atoms with van der Waals surface area (Å²) in [5.74, 6) is -1.09. The number of rotatable bonds is 8. The second-order valence-electron chi connectivity index (χ2n) is 13.1. The molecule has 0 saturated heterocycles. The zero-order valence-corrected chi connectivity index (χ0v) is 24.5. The van der Waals surface area contributed by atoms with E-state index in [0.717, 1.165) is 31.7 Å². The first-order valence-corrected chi connectivity index (χ1v) is 14.1. The van der Waals surface area contributed by atoms with Gasteiger partial charge < -0.3 is 20.5 Å². The first-order chi connectivity index (χ1) is 18.1. The van der Waals surface area contributed by atoms with Crippen LogP contribution in [-0.4, -0.2) is 35.5 Å². The number of hydrogen-bond acceptors (Lipinski definition) is 4. The lowest BCUT2D eigenvalue weighted by Crippen LogP contribution is -2.56. The number of carbonyl (C=O) groups is 1. The smallest absolute Gasteiger partial charge is 0.407 e. The van der Waals surface area contributed by atoms with Crippen molar-refractivity contribution in [1.29, 1.82) is 0 Å². The Morgan fingerprint density at radius 2 is 1.74 bits per heavy atom. The molecular formula is C32H46F2N2O3. The number of aliphatic hydroxyl groups excluding tert-OH is 1. The number of halogens is 2. The summed E-state index contributed by atoms with van der Waals surface area (Å²) in [4.78, 5) is 12.7. The normalized spacial score (nSPS) is 21.7. The lowest BCUT2D eigenvalue weighted by atomic mass is 9.68. The van der Waals surface area contributed by atoms with Crippen LogP contribution in [0.3, 0.4) is 0 Å². The molecule has 0 bridgehead atoms. The van der Waals surface area contributed by atoms with Crippen molar-refractivity contribution in [3.05, 3.63) is 70.8 Å². The molecule has 1 amide bonds. The highest BCUT2D eigenvalue weighted by Crippen LogP contribution is 2.42. The van der Waals surface area contributed by atoms with Crippen LogP contribution in [0.5, 0.6) is 0 Å². The molecule has 1 aliphatic rings. The van der Waals surface area contributed by atoms with Crippen LogP contribution in [0, 0.1) is 17.6 Å². The standard InChI is InChI=1S/C32H46F2N2O3/c1-21-11-8-9-14-32(21,24-13-10-12-23(18-24)30(2,3)4)35-20-28(37)27(36-29(38)39-31(5,6)7)17-22-15-25(33)19-26(34)16-22/h10,12-13,15-16,18-19,21,27-28,35,37H,8-9,11,14,17,20H2,1-7H3,(H,36,38). The summed E-state index contributed by atoms with van der Waals surface area (Å²) < 4.78 is 33.3. The molecule has 216 valence electrons. The van der Waals surface area contributed by atoms with Crippen molar-refractivity contribution in [2.75, 3.05) is 6.54 Å². The summed E-state index contributed by atoms with van der Waals surface area (Å²) in [6, 6.07) is 11.1. The molecule has 1 fully saturated rings. The van der Waals surface area contributed by atoms with Gasteiger partial charge in [-0.1, -0.05) is 64.8 Å². The fourth-order valence-electron chi connectivity index (χ4n) is 5.56. The van der Waals surface area contributed by atoms with Crippen molar-refractivity contribution in [2.24, 2.45) is 5.92 Å². The zero-order chi connectivity index (χ0) is 29.0. The lowest BCUT2D eigenvalue weighted by Gasteiger charge is -2.45. The molecule has 0 aliphatic heterocycles. The summed E-state index contributed by atoms with van der Waals surface area (Å²) in [6.07, 6.45) is 2.51. The minimum absolute atomic E-state index is 0.00270. The second kappa shape index (κ2) is 12.3. The lowest BCUT2D eigenvalue weighted by molar-refractivity contribution is 0.0394. The molecular weight excluding hydrogens is 498 g/mol. The van der Waals surface area contributed by atoms with Crippen LogP contribution in [0.25, 0.3) is 0 Å². The minimum Gasteiger partial charge on any atom is -0.444 e. The van der Waals surface area contributed by atoms with Crippen LogP contribution in [0.2, 0.25) is 0 Å². The van der Waals surface area contributed by atoms with Crippen molar-refractivity contribution in [1.82, 2.24) is 10.6 Å². The molecule has 2 aromatic carbocycles. The molecule has 0 spiro atoms. The molecule has 4 atom stereocenters. The molecule has 39 heavy (non-hydrogen) atoms. The number of amides is 1. The van der Waals surface area contributed by atoms with Gasteiger partial charge in [-0.2, -0.15) is 0 Å². The van der Waals surface area contributed by atoms with E-state index in [1.54, 1.807) is 20.8 Å². The Morgan fingerprint density at radius 3 is 2.33 bits per heavy atom. The number of alkyl carbamates (subject to hydrolysis) is 1. The molecule has 2 aromatic rings. The quantitative estimate of drug-likeness (QED) is 0.344. The highest BCUT2D eigenvalue weighted by molar-refractivity contribution is 5.68. The van der Waals surface area contributed by atoms with Crippen molar-refractivity contribution < 1.29 is 23.4 Å². The fourth-order valence-corrected chi connectivity index (χ4v) is 5.56. The first-order valence-electron chi connectivity index (χ1n) is 14.1. The predicted molar refractivity (Wildman–Crippen MR) is 152 cm³/mol. The molecule has 7 heteroatoms. The number of benzene rings is 2. The number of hydrogen-bond donors (Lipinski definition) is 3. The number of nitrogens with one attached hydrogen (secondary N) is 2. The Labute approximate surface area is 232 Å². The molecule has 1 aliphatic carbocycles. The van der Waals surface area contributed by atoms with Gasteiger partial charge >= 0.3 is 6.09 Å². The summed E-state index contributed by atoms with van der Waals surface area (Å²) in [7, 11) is 0. The molecule has 0 heterocycles. The van der Waals surface area contributed by atoms with Gasteiger partial charge in [0.25, 0.3) is 0 Å². The molecule has 0 radical (unpaired) electrons. The summed E-state index contributed by atoms with van der Waals surface area (Å²) in [5, 5.41) is 17.8. The van der Waals surface area contributed by atoms with Crippen molar-refractivity contribution >= 4 is 6.09 Å². The molecule has 4 unspecified atom stereocenters. The van der Waals surface area contributed by atoms with Crippen LogP contribution in [0.15, 0.2) is 42.5 Å². The van der Waals surface area contributed by atoms with E-state index in [2.05, 4.69) is 62.6 Å². The number of aliphatic hydroxyl groups is 1. The molecule has 0 aromatic heterocycles. The Morgan fingerprint density at radius 1 is 1.08 bits per heavy atom. The van der Waals surface area contributed by atoms with Crippen molar-refractivity contribution in [3.63, 3.8) is 0 Å². The van der Waals surface area contributed by atoms with E-state index in [9.17, 15) is 18.7 Å². The van der Waals surface area contributed by atoms with Gasteiger partial charge in [-0.15, -0.1) is 0 Å². The van der Waals surface area contributed by atoms with E-state index in [-0.39, 0.29) is 23.9 Å². The van der Waals surface area contributed by atoms with Crippen LogP contribution < -0.4 is 10.6 Å². The number of carbonyl (C=O) groups excluding carboxylic acids is 1. The monoisotopic (exact) mass is 544 g/mol. The largest absolute Gasteiger partial charge is 0.444 e. The third kappa shape index (κ3) is 8.49. The molecule has 3 N–H and O–H groups in total. The van der Waals surface area contributed by atoms with Crippen LogP contribution >= 0.6 is 0 Å². The van der Waals surface area contributed by atoms with Gasteiger partial charge in [-0.25, -0.2) is 13.6 Å². The van der Waals surface area contributed by atoms with Crippen LogP contribution in [-0.2, 0) is 22.1 Å². The highest BCUT2D eigenvalue weighted by atomic mass is 19.1. The van der Waals surface area contributed by atoms with Crippen LogP contribution in [0.4, 0.5) is 13.6 Å². The molecule has 1 saturated carbocycles. The van der Waals surface area contributed by atoms with Crippen molar-refractivity contribution in [2.45, 2.75) is 109 Å². The van der Waals surface area contributed by atoms with Gasteiger partial charge in [0.15, 0.2) is 0 Å². The Hall–Kier alpha value is -2.51. The van der Waals surface area contributed by atoms with Crippen LogP contribution in [0.1, 0.15) is 90.8 Å². The maximum Gasteiger partial charge on any atom is 0.407 e. The topological polar surface area (TPSA) is 70.6 Å². The van der Waals surface area contributed by atoms with Gasteiger partial charge in [-0.05, 0) is 80.2 Å². The second-order valence-corrected chi connectivity index (χ2v) is 13.1. The average molecular weight is 545 g/mol. The van der Waals surface area contributed by atoms with E-state index in [4.69, 9.17) is 4.74 Å². The SMILES string of the molecule is CC1CCCCC1(NCC(O)C(Cc1cc(F)cc(F)c1)NC(=O)OC(C)(C)C)c1cccc(C(C)(C)C)c1. The van der Waals surface area contributed by atoms with E-state index in [1.165, 1.54) is 23.3 Å². The average Bonchev–Trinajstić information content (AvgIpc) is 2.81. The Bertz CT molecular complexity index is 1100. The summed E-state index contributed by atoms with van der Waals surface area (Å²) >= 11 is 0. The van der Waals surface area contributed by atoms with E-state index in [0.29, 0.717) is 11.5 Å². The maximum absolute atomic E-state index is 13.9. The third-order valence-corrected chi connectivity index (χ3v) is 7.71. The molecule has 5 nitrogen and oxygen atoms in total. The van der Waals surface area contributed by atoms with Gasteiger partial charge in [-0.3, -0.25) is 0 Å². The fraction of sp³-hybridized carbons (Fsp3) is 0.594. The summed E-state index contributed by atoms with van der Waals surface area (Å²) in [5.41, 5.74) is 1.70. The van der Waals surface area contributed by atoms with E-state index < -0.39 is 35.5 Å². The van der Waals surface area contributed by atoms with Gasteiger partial charge in [0.2, 0.25) is 0 Å². The zero-order valence-electron chi connectivity index (χ0n) is 24.5.